The highest BCUT2D eigenvalue weighted by atomic mass is 16.3. The first kappa shape index (κ1) is 13.8. The zero-order chi connectivity index (χ0) is 14.3. The van der Waals surface area contributed by atoms with Gasteiger partial charge in [0.05, 0.1) is 6.26 Å². The van der Waals surface area contributed by atoms with Crippen molar-refractivity contribution in [3.63, 3.8) is 0 Å². The van der Waals surface area contributed by atoms with E-state index in [1.807, 2.05) is 17.0 Å². The molecular weight excluding hydrogens is 236 g/mol. The van der Waals surface area contributed by atoms with E-state index >= 15 is 0 Å². The Morgan fingerprint density at radius 2 is 1.63 bits per heavy atom. The maximum atomic E-state index is 5.67. The maximum absolute atomic E-state index is 5.67. The molecule has 2 rings (SSSR count). The van der Waals surface area contributed by atoms with Gasteiger partial charge in [-0.05, 0) is 10.8 Å². The van der Waals surface area contributed by atoms with Crippen LogP contribution in [0.5, 0.6) is 0 Å². The predicted molar refractivity (Wildman–Crippen MR) is 75.4 cm³/mol. The molecule has 0 unspecified atom stereocenters. The Morgan fingerprint density at radius 1 is 1.00 bits per heavy atom. The van der Waals surface area contributed by atoms with Crippen LogP contribution in [0.25, 0.3) is 5.88 Å². The van der Waals surface area contributed by atoms with Crippen molar-refractivity contribution in [1.29, 1.82) is 0 Å². The van der Waals surface area contributed by atoms with E-state index in [0.717, 1.165) is 5.88 Å². The van der Waals surface area contributed by atoms with Gasteiger partial charge in [0.25, 0.3) is 12.2 Å². The summed E-state index contributed by atoms with van der Waals surface area (Å²) in [6, 6.07) is 2.08. The largest absolute Gasteiger partial charge is 0.430 e. The number of hydrogen-bond acceptors (Lipinski definition) is 2. The van der Waals surface area contributed by atoms with Gasteiger partial charge in [0.2, 0.25) is 0 Å². The van der Waals surface area contributed by atoms with Crippen LogP contribution in [0.2, 0.25) is 0 Å². The molecule has 0 saturated carbocycles. The molecule has 3 heteroatoms. The number of hydrogen-bond donors (Lipinski definition) is 0. The molecular formula is C16H23N2O+. The Balaban J connectivity index is 2.40. The van der Waals surface area contributed by atoms with Crippen molar-refractivity contribution in [2.75, 3.05) is 0 Å². The van der Waals surface area contributed by atoms with Crippen LogP contribution in [0.15, 0.2) is 35.5 Å². The Hall–Kier alpha value is -1.64. The van der Waals surface area contributed by atoms with Gasteiger partial charge in [-0.25, -0.2) is 0 Å². The van der Waals surface area contributed by atoms with Gasteiger partial charge in [0.1, 0.15) is 12.4 Å². The summed E-state index contributed by atoms with van der Waals surface area (Å²) < 4.78 is 7.61. The average molecular weight is 259 g/mol. The van der Waals surface area contributed by atoms with Crippen LogP contribution in [0.4, 0.5) is 0 Å². The summed E-state index contributed by atoms with van der Waals surface area (Å²) in [5.41, 5.74) is 2.55. The quantitative estimate of drug-likeness (QED) is 0.733. The van der Waals surface area contributed by atoms with Crippen LogP contribution in [-0.4, -0.2) is 4.98 Å². The molecule has 0 fully saturated rings. The first-order valence-electron chi connectivity index (χ1n) is 6.64. The van der Waals surface area contributed by atoms with E-state index in [-0.39, 0.29) is 10.8 Å². The van der Waals surface area contributed by atoms with E-state index in [1.165, 1.54) is 11.1 Å². The third-order valence-corrected chi connectivity index (χ3v) is 3.26. The number of furan rings is 1. The van der Waals surface area contributed by atoms with E-state index in [1.54, 1.807) is 6.33 Å². The summed E-state index contributed by atoms with van der Waals surface area (Å²) in [5, 5.41) is 0. The molecule has 0 aliphatic carbocycles. The van der Waals surface area contributed by atoms with Crippen LogP contribution in [0.3, 0.4) is 0 Å². The molecule has 3 nitrogen and oxygen atoms in total. The Bertz CT molecular complexity index is 571. The van der Waals surface area contributed by atoms with Gasteiger partial charge in [-0.3, -0.25) is 0 Å². The maximum Gasteiger partial charge on any atom is 0.294 e. The molecule has 102 valence electrons. The van der Waals surface area contributed by atoms with E-state index in [9.17, 15) is 0 Å². The summed E-state index contributed by atoms with van der Waals surface area (Å²) in [4.78, 5) is 4.30. The van der Waals surface area contributed by atoms with Crippen LogP contribution in [0.1, 0.15) is 52.7 Å². The lowest BCUT2D eigenvalue weighted by Gasteiger charge is -2.15. The molecule has 0 N–H and O–H groups in total. The van der Waals surface area contributed by atoms with Crippen molar-refractivity contribution in [1.82, 2.24) is 4.98 Å². The smallest absolute Gasteiger partial charge is 0.294 e. The monoisotopic (exact) mass is 259 g/mol. The van der Waals surface area contributed by atoms with Crippen molar-refractivity contribution in [3.8, 4) is 5.88 Å². The lowest BCUT2D eigenvalue weighted by atomic mass is 9.89. The molecule has 0 aliphatic rings. The van der Waals surface area contributed by atoms with E-state index < -0.39 is 0 Å². The van der Waals surface area contributed by atoms with Gasteiger partial charge in [0, 0.05) is 17.2 Å². The minimum absolute atomic E-state index is 0.0788. The van der Waals surface area contributed by atoms with Crippen molar-refractivity contribution >= 4 is 0 Å². The molecule has 2 aromatic rings. The summed E-state index contributed by atoms with van der Waals surface area (Å²) >= 11 is 0. The second-order valence-corrected chi connectivity index (χ2v) is 7.06. The van der Waals surface area contributed by atoms with Gasteiger partial charge in [-0.2, -0.15) is 4.57 Å². The fraction of sp³-hybridized carbons (Fsp3) is 0.500. The molecule has 0 atom stereocenters. The summed E-state index contributed by atoms with van der Waals surface area (Å²) in [6.45, 7) is 13.1. The summed E-state index contributed by atoms with van der Waals surface area (Å²) in [7, 11) is 0. The molecule has 0 aliphatic heterocycles. The van der Waals surface area contributed by atoms with Crippen molar-refractivity contribution < 1.29 is 8.98 Å². The average Bonchev–Trinajstić information content (AvgIpc) is 2.77. The zero-order valence-corrected chi connectivity index (χ0v) is 12.7. The highest BCUT2D eigenvalue weighted by molar-refractivity contribution is 5.24. The second-order valence-electron chi connectivity index (χ2n) is 7.06. The topological polar surface area (TPSA) is 29.9 Å². The standard InChI is InChI=1S/C16H23N2O/c1-15(2,3)12-7-14(19-10-12)18-9-13(8-17-11-18)16(4,5)6/h7-11H,1-6H3/q+1. The van der Waals surface area contributed by atoms with Crippen molar-refractivity contribution in [2.24, 2.45) is 0 Å². The number of nitrogens with zero attached hydrogens (tertiary/aromatic N) is 2. The second kappa shape index (κ2) is 4.48. The molecule has 0 amide bonds. The lowest BCUT2D eigenvalue weighted by molar-refractivity contribution is -0.613. The van der Waals surface area contributed by atoms with Crippen LogP contribution in [0, 0.1) is 0 Å². The highest BCUT2D eigenvalue weighted by Crippen LogP contribution is 2.24. The first-order chi connectivity index (χ1) is 8.68. The van der Waals surface area contributed by atoms with E-state index in [2.05, 4.69) is 58.8 Å². The van der Waals surface area contributed by atoms with Gasteiger partial charge in [-0.15, -0.1) is 0 Å². The molecule has 0 bridgehead atoms. The van der Waals surface area contributed by atoms with Gasteiger partial charge < -0.3 is 4.42 Å². The predicted octanol–water partition coefficient (Wildman–Crippen LogP) is 3.55. The normalized spacial score (nSPS) is 12.7. The van der Waals surface area contributed by atoms with Crippen molar-refractivity contribution in [3.05, 3.63) is 42.2 Å². The van der Waals surface area contributed by atoms with Crippen molar-refractivity contribution in [2.45, 2.75) is 52.4 Å². The molecule has 0 saturated heterocycles. The van der Waals surface area contributed by atoms with E-state index in [0.29, 0.717) is 0 Å². The van der Waals surface area contributed by atoms with Crippen LogP contribution >= 0.6 is 0 Å². The van der Waals surface area contributed by atoms with Gasteiger partial charge in [0.15, 0.2) is 0 Å². The third-order valence-electron chi connectivity index (χ3n) is 3.26. The third kappa shape index (κ3) is 3.03. The minimum Gasteiger partial charge on any atom is -0.430 e. The summed E-state index contributed by atoms with van der Waals surface area (Å²) in [5.74, 6) is 0.809. The fourth-order valence-electron chi connectivity index (χ4n) is 1.76. The molecule has 19 heavy (non-hydrogen) atoms. The van der Waals surface area contributed by atoms with Crippen LogP contribution in [-0.2, 0) is 10.8 Å². The summed E-state index contributed by atoms with van der Waals surface area (Å²) in [6.07, 6.45) is 7.59. The Labute approximate surface area is 115 Å². The van der Waals surface area contributed by atoms with Crippen LogP contribution < -0.4 is 4.57 Å². The molecule has 0 radical (unpaired) electrons. The molecule has 0 aromatic carbocycles. The highest BCUT2D eigenvalue weighted by Gasteiger charge is 2.22. The molecule has 0 spiro atoms. The van der Waals surface area contributed by atoms with E-state index in [4.69, 9.17) is 4.42 Å². The molecule has 2 heterocycles. The number of aromatic nitrogens is 2. The molecule has 2 aromatic heterocycles. The van der Waals surface area contributed by atoms with Gasteiger partial charge in [-0.1, -0.05) is 46.5 Å². The number of rotatable bonds is 1. The van der Waals surface area contributed by atoms with Gasteiger partial charge >= 0.3 is 0 Å². The lowest BCUT2D eigenvalue weighted by Crippen LogP contribution is -2.32. The first-order valence-corrected chi connectivity index (χ1v) is 6.64. The fourth-order valence-corrected chi connectivity index (χ4v) is 1.76. The Kier molecular flexibility index (Phi) is 3.25. The Morgan fingerprint density at radius 3 is 2.16 bits per heavy atom. The SMILES string of the molecule is CC(C)(C)c1coc(-[n+]2cncc(C(C)(C)C)c2)c1. The zero-order valence-electron chi connectivity index (χ0n) is 12.7. The minimum atomic E-state index is 0.0788.